The van der Waals surface area contributed by atoms with Crippen LogP contribution in [-0.2, 0) is 4.74 Å². The maximum Gasteiger partial charge on any atom is 0.417 e. The summed E-state index contributed by atoms with van der Waals surface area (Å²) in [6.45, 7) is 5.44. The molecule has 0 bridgehead atoms. The van der Waals surface area contributed by atoms with Gasteiger partial charge >= 0.3 is 6.09 Å². The number of rotatable bonds is 1. The van der Waals surface area contributed by atoms with Gasteiger partial charge in [-0.1, -0.05) is 24.6 Å². The number of aromatic nitrogens is 3. The van der Waals surface area contributed by atoms with Gasteiger partial charge in [-0.15, -0.1) is 0 Å². The van der Waals surface area contributed by atoms with Crippen LogP contribution in [0.25, 0.3) is 11.0 Å². The average Bonchev–Trinajstić information content (AvgIpc) is 2.99. The molecule has 144 valence electrons. The lowest BCUT2D eigenvalue weighted by Gasteiger charge is -2.43. The van der Waals surface area contributed by atoms with Gasteiger partial charge in [0.25, 0.3) is 5.91 Å². The fourth-order valence-electron chi connectivity index (χ4n) is 4.09. The second-order valence-corrected chi connectivity index (χ2v) is 8.88. The molecular weight excluding hydrogens is 364 g/mol. The summed E-state index contributed by atoms with van der Waals surface area (Å²) in [6, 6.07) is 1.63. The SMILES string of the molecule is CSc1ncc2cc3n(c2n1)[C@H]1CCCC[C@@H]1N(C(=O)OC(C)(C)C)C3=O. The van der Waals surface area contributed by atoms with Crippen molar-refractivity contribution in [2.45, 2.75) is 69.3 Å². The zero-order valence-corrected chi connectivity index (χ0v) is 16.9. The number of carbonyl (C=O) groups excluding carboxylic acids is 2. The number of amides is 2. The Labute approximate surface area is 162 Å². The number of carbonyl (C=O) groups is 2. The van der Waals surface area contributed by atoms with Crippen LogP contribution >= 0.6 is 11.8 Å². The maximum absolute atomic E-state index is 13.3. The van der Waals surface area contributed by atoms with Crippen LogP contribution in [0.5, 0.6) is 0 Å². The predicted octanol–water partition coefficient (Wildman–Crippen LogP) is 4.03. The van der Waals surface area contributed by atoms with Crippen molar-refractivity contribution in [3.05, 3.63) is 18.0 Å². The Hall–Kier alpha value is -2.09. The highest BCUT2D eigenvalue weighted by atomic mass is 32.2. The number of nitrogens with zero attached hydrogens (tertiary/aromatic N) is 4. The molecular formula is C19H24N4O3S. The summed E-state index contributed by atoms with van der Waals surface area (Å²) in [7, 11) is 0. The molecule has 1 saturated carbocycles. The van der Waals surface area contributed by atoms with Crippen LogP contribution in [0, 0.1) is 0 Å². The first-order valence-electron chi connectivity index (χ1n) is 9.28. The lowest BCUT2D eigenvalue weighted by atomic mass is 9.87. The van der Waals surface area contributed by atoms with Crippen molar-refractivity contribution in [3.63, 3.8) is 0 Å². The lowest BCUT2D eigenvalue weighted by Crippen LogP contribution is -2.55. The Kier molecular flexibility index (Phi) is 4.41. The number of thioether (sulfide) groups is 1. The molecule has 2 aromatic rings. The van der Waals surface area contributed by atoms with Crippen LogP contribution in [0.15, 0.2) is 17.4 Å². The first-order chi connectivity index (χ1) is 12.8. The third kappa shape index (κ3) is 3.09. The monoisotopic (exact) mass is 388 g/mol. The van der Waals surface area contributed by atoms with Crippen molar-refractivity contribution >= 4 is 34.8 Å². The van der Waals surface area contributed by atoms with Crippen LogP contribution in [0.3, 0.4) is 0 Å². The topological polar surface area (TPSA) is 77.3 Å². The Balaban J connectivity index is 1.84. The maximum atomic E-state index is 13.3. The predicted molar refractivity (Wildman–Crippen MR) is 103 cm³/mol. The van der Waals surface area contributed by atoms with Gasteiger partial charge in [0, 0.05) is 11.6 Å². The van der Waals surface area contributed by atoms with Gasteiger partial charge in [-0.05, 0) is 45.9 Å². The summed E-state index contributed by atoms with van der Waals surface area (Å²) in [5.41, 5.74) is 0.620. The molecule has 1 fully saturated rings. The molecule has 2 aliphatic rings. The van der Waals surface area contributed by atoms with Gasteiger partial charge in [-0.2, -0.15) is 0 Å². The van der Waals surface area contributed by atoms with Gasteiger partial charge in [0.1, 0.15) is 16.9 Å². The number of ether oxygens (including phenoxy) is 1. The first kappa shape index (κ1) is 18.3. The standard InChI is InChI=1S/C19H24N4O3S/c1-19(2,3)26-18(25)23-13-8-6-5-7-12(13)22-14(16(23)24)9-11-10-20-17(27-4)21-15(11)22/h9-10,12-13H,5-8H2,1-4H3/t12-,13-/m0/s1. The Morgan fingerprint density at radius 3 is 2.63 bits per heavy atom. The molecule has 0 saturated heterocycles. The van der Waals surface area contributed by atoms with Crippen molar-refractivity contribution < 1.29 is 14.3 Å². The van der Waals surface area contributed by atoms with Crippen LogP contribution < -0.4 is 0 Å². The quantitative estimate of drug-likeness (QED) is 0.542. The highest BCUT2D eigenvalue weighted by Crippen LogP contribution is 2.41. The minimum absolute atomic E-state index is 0.0288. The van der Waals surface area contributed by atoms with Crippen molar-refractivity contribution in [2.24, 2.45) is 0 Å². The molecule has 8 heteroatoms. The summed E-state index contributed by atoms with van der Waals surface area (Å²) >= 11 is 1.47. The Morgan fingerprint density at radius 1 is 1.26 bits per heavy atom. The van der Waals surface area contributed by atoms with Gasteiger partial charge in [-0.25, -0.2) is 19.7 Å². The van der Waals surface area contributed by atoms with E-state index in [0.717, 1.165) is 36.7 Å². The molecule has 1 aliphatic carbocycles. The largest absolute Gasteiger partial charge is 0.443 e. The summed E-state index contributed by atoms with van der Waals surface area (Å²) in [6.07, 6.45) is 6.88. The van der Waals surface area contributed by atoms with Gasteiger partial charge in [-0.3, -0.25) is 4.79 Å². The molecule has 1 aliphatic heterocycles. The van der Waals surface area contributed by atoms with E-state index >= 15 is 0 Å². The molecule has 0 radical (unpaired) electrons. The van der Waals surface area contributed by atoms with Crippen LogP contribution in [0.2, 0.25) is 0 Å². The van der Waals surface area contributed by atoms with Gasteiger partial charge in [0.05, 0.1) is 12.1 Å². The minimum Gasteiger partial charge on any atom is -0.443 e. The molecule has 3 heterocycles. The summed E-state index contributed by atoms with van der Waals surface area (Å²) in [5, 5.41) is 1.50. The molecule has 0 aromatic carbocycles. The molecule has 0 spiro atoms. The molecule has 2 aromatic heterocycles. The van der Waals surface area contributed by atoms with Crippen molar-refractivity contribution in [3.8, 4) is 0 Å². The van der Waals surface area contributed by atoms with Gasteiger partial charge in [0.15, 0.2) is 5.16 Å². The fraction of sp³-hybridized carbons (Fsp3) is 0.579. The minimum atomic E-state index is -0.648. The summed E-state index contributed by atoms with van der Waals surface area (Å²) in [5.74, 6) is -0.309. The van der Waals surface area contributed by atoms with E-state index in [4.69, 9.17) is 4.74 Å². The van der Waals surface area contributed by atoms with E-state index in [1.165, 1.54) is 16.7 Å². The molecule has 2 atom stereocenters. The molecule has 7 nitrogen and oxygen atoms in total. The second-order valence-electron chi connectivity index (χ2n) is 8.11. The van der Waals surface area contributed by atoms with E-state index in [1.54, 1.807) is 12.3 Å². The van der Waals surface area contributed by atoms with E-state index < -0.39 is 11.7 Å². The smallest absolute Gasteiger partial charge is 0.417 e. The second kappa shape index (κ2) is 6.51. The molecule has 0 unspecified atom stereocenters. The van der Waals surface area contributed by atoms with E-state index in [-0.39, 0.29) is 18.0 Å². The zero-order chi connectivity index (χ0) is 19.3. The highest BCUT2D eigenvalue weighted by Gasteiger charge is 2.46. The third-order valence-corrected chi connectivity index (χ3v) is 5.68. The first-order valence-corrected chi connectivity index (χ1v) is 10.5. The number of hydrogen-bond donors (Lipinski definition) is 0. The van der Waals surface area contributed by atoms with E-state index in [9.17, 15) is 9.59 Å². The Bertz CT molecular complexity index is 918. The van der Waals surface area contributed by atoms with Gasteiger partial charge < -0.3 is 9.30 Å². The highest BCUT2D eigenvalue weighted by molar-refractivity contribution is 7.98. The lowest BCUT2D eigenvalue weighted by molar-refractivity contribution is 0.00252. The number of imide groups is 1. The van der Waals surface area contributed by atoms with E-state index in [2.05, 4.69) is 9.97 Å². The van der Waals surface area contributed by atoms with Crippen molar-refractivity contribution in [1.29, 1.82) is 0 Å². The fourth-order valence-corrected chi connectivity index (χ4v) is 4.42. The van der Waals surface area contributed by atoms with Crippen molar-refractivity contribution in [1.82, 2.24) is 19.4 Å². The number of fused-ring (bicyclic) bond motifs is 5. The normalized spacial score (nSPS) is 22.5. The van der Waals surface area contributed by atoms with E-state index in [0.29, 0.717) is 10.9 Å². The van der Waals surface area contributed by atoms with Crippen LogP contribution in [-0.4, -0.2) is 49.3 Å². The molecule has 27 heavy (non-hydrogen) atoms. The Morgan fingerprint density at radius 2 is 1.96 bits per heavy atom. The average molecular weight is 388 g/mol. The zero-order valence-electron chi connectivity index (χ0n) is 16.1. The molecule has 2 amide bonds. The molecule has 0 N–H and O–H groups in total. The third-order valence-electron chi connectivity index (χ3n) is 5.12. The van der Waals surface area contributed by atoms with Gasteiger partial charge in [0.2, 0.25) is 0 Å². The van der Waals surface area contributed by atoms with Crippen LogP contribution in [0.4, 0.5) is 4.79 Å². The number of hydrogen-bond acceptors (Lipinski definition) is 6. The molecule has 4 rings (SSSR count). The summed E-state index contributed by atoms with van der Waals surface area (Å²) in [4.78, 5) is 36.4. The van der Waals surface area contributed by atoms with Crippen molar-refractivity contribution in [2.75, 3.05) is 6.26 Å². The summed E-state index contributed by atoms with van der Waals surface area (Å²) < 4.78 is 7.58. The van der Waals surface area contributed by atoms with Crippen LogP contribution in [0.1, 0.15) is 63.0 Å². The van der Waals surface area contributed by atoms with E-state index in [1.807, 2.05) is 31.6 Å².